The Kier molecular flexibility index (Phi) is 6.03. The molecule has 0 bridgehead atoms. The van der Waals surface area contributed by atoms with Gasteiger partial charge in [-0.2, -0.15) is 0 Å². The summed E-state index contributed by atoms with van der Waals surface area (Å²) >= 11 is 2.09. The molecule has 6 nitrogen and oxygen atoms in total. The van der Waals surface area contributed by atoms with Crippen molar-refractivity contribution >= 4 is 46.1 Å². The number of carboxylic acids is 1. The van der Waals surface area contributed by atoms with Crippen molar-refractivity contribution in [1.82, 2.24) is 4.90 Å². The van der Waals surface area contributed by atoms with E-state index in [1.807, 2.05) is 30.3 Å². The number of carbonyl (C=O) groups is 3. The first-order valence-corrected chi connectivity index (χ1v) is 10.8. The number of nitrogens with one attached hydrogen (secondary N) is 1. The Bertz CT molecular complexity index is 1130. The minimum Gasteiger partial charge on any atom is -0.480 e. The Morgan fingerprint density at radius 1 is 1.00 bits per heavy atom. The lowest BCUT2D eigenvalue weighted by Gasteiger charge is -2.34. The van der Waals surface area contributed by atoms with Gasteiger partial charge in [-0.3, -0.25) is 9.59 Å². The van der Waals surface area contributed by atoms with Crippen LogP contribution in [-0.4, -0.2) is 33.8 Å². The number of benzene rings is 3. The summed E-state index contributed by atoms with van der Waals surface area (Å²) in [5.74, 6) is -2.11. The van der Waals surface area contributed by atoms with Gasteiger partial charge in [-0.1, -0.05) is 60.7 Å². The summed E-state index contributed by atoms with van der Waals surface area (Å²) in [6.07, 6.45) is 0.0811. The zero-order valence-electron chi connectivity index (χ0n) is 16.4. The van der Waals surface area contributed by atoms with Crippen molar-refractivity contribution in [1.29, 1.82) is 0 Å². The lowest BCUT2D eigenvalue weighted by molar-refractivity contribution is -0.143. The second-order valence-corrected chi connectivity index (χ2v) is 8.49. The van der Waals surface area contributed by atoms with E-state index in [1.54, 1.807) is 48.5 Å². The topological polar surface area (TPSA) is 86.7 Å². The monoisotopic (exact) mass is 526 g/mol. The van der Waals surface area contributed by atoms with Gasteiger partial charge in [0.05, 0.1) is 11.3 Å². The molecule has 2 N–H and O–H groups in total. The number of carboxylic acid groups (broad SMARTS) is 1. The van der Waals surface area contributed by atoms with E-state index in [1.165, 1.54) is 4.90 Å². The highest BCUT2D eigenvalue weighted by Gasteiger charge is 2.43. The SMILES string of the molecule is O=C1Nc2ccc(I)cc2C(=O)N([C@H](Cc2ccccc2)C(=O)O)C1c1ccccc1. The van der Waals surface area contributed by atoms with Gasteiger partial charge < -0.3 is 15.3 Å². The molecule has 4 rings (SSSR count). The van der Waals surface area contributed by atoms with Crippen molar-refractivity contribution in [2.75, 3.05) is 5.32 Å². The average Bonchev–Trinajstić information content (AvgIpc) is 2.87. The average molecular weight is 526 g/mol. The summed E-state index contributed by atoms with van der Waals surface area (Å²) in [7, 11) is 0. The molecule has 3 aromatic rings. The van der Waals surface area contributed by atoms with E-state index in [4.69, 9.17) is 0 Å². The number of halogens is 1. The van der Waals surface area contributed by atoms with Crippen molar-refractivity contribution < 1.29 is 19.5 Å². The van der Waals surface area contributed by atoms with Gasteiger partial charge in [0, 0.05) is 9.99 Å². The fraction of sp³-hybridized carbons (Fsp3) is 0.125. The van der Waals surface area contributed by atoms with E-state index in [0.29, 0.717) is 11.3 Å². The third-order valence-electron chi connectivity index (χ3n) is 5.24. The molecule has 0 saturated heterocycles. The molecule has 31 heavy (non-hydrogen) atoms. The number of aliphatic carboxylic acids is 1. The molecule has 156 valence electrons. The molecular weight excluding hydrogens is 507 g/mol. The molecule has 7 heteroatoms. The largest absolute Gasteiger partial charge is 0.480 e. The first kappa shape index (κ1) is 21.0. The lowest BCUT2D eigenvalue weighted by Crippen LogP contribution is -2.50. The molecule has 1 unspecified atom stereocenters. The Balaban J connectivity index is 1.88. The summed E-state index contributed by atoms with van der Waals surface area (Å²) in [5, 5.41) is 12.9. The van der Waals surface area contributed by atoms with Gasteiger partial charge in [0.15, 0.2) is 0 Å². The highest BCUT2D eigenvalue weighted by molar-refractivity contribution is 14.1. The van der Waals surface area contributed by atoms with Crippen LogP contribution in [0.5, 0.6) is 0 Å². The molecule has 0 radical (unpaired) electrons. The third-order valence-corrected chi connectivity index (χ3v) is 5.91. The second kappa shape index (κ2) is 8.89. The zero-order valence-corrected chi connectivity index (χ0v) is 18.5. The van der Waals surface area contributed by atoms with Crippen molar-refractivity contribution in [3.8, 4) is 0 Å². The van der Waals surface area contributed by atoms with Crippen LogP contribution >= 0.6 is 22.6 Å². The molecule has 0 saturated carbocycles. The second-order valence-electron chi connectivity index (χ2n) is 7.25. The lowest BCUT2D eigenvalue weighted by atomic mass is 9.98. The minimum atomic E-state index is -1.23. The number of hydrogen-bond acceptors (Lipinski definition) is 3. The number of amides is 2. The number of nitrogens with zero attached hydrogens (tertiary/aromatic N) is 1. The Morgan fingerprint density at radius 2 is 1.65 bits per heavy atom. The summed E-state index contributed by atoms with van der Waals surface area (Å²) in [6, 6.07) is 20.7. The van der Waals surface area contributed by atoms with Crippen LogP contribution in [0, 0.1) is 3.57 Å². The number of anilines is 1. The van der Waals surface area contributed by atoms with E-state index >= 15 is 0 Å². The van der Waals surface area contributed by atoms with E-state index in [-0.39, 0.29) is 12.0 Å². The molecule has 0 spiro atoms. The highest BCUT2D eigenvalue weighted by Crippen LogP contribution is 2.34. The maximum Gasteiger partial charge on any atom is 0.326 e. The van der Waals surface area contributed by atoms with Crippen LogP contribution in [0.2, 0.25) is 0 Å². The number of fused-ring (bicyclic) bond motifs is 1. The van der Waals surface area contributed by atoms with E-state index in [2.05, 4.69) is 27.9 Å². The smallest absolute Gasteiger partial charge is 0.326 e. The summed E-state index contributed by atoms with van der Waals surface area (Å²) < 4.78 is 0.812. The Labute approximate surface area is 193 Å². The first-order valence-electron chi connectivity index (χ1n) is 9.70. The molecule has 1 heterocycles. The molecule has 0 fully saturated rings. The van der Waals surface area contributed by atoms with E-state index < -0.39 is 29.9 Å². The fourth-order valence-corrected chi connectivity index (χ4v) is 4.29. The maximum absolute atomic E-state index is 13.7. The predicted molar refractivity (Wildman–Crippen MR) is 125 cm³/mol. The van der Waals surface area contributed by atoms with Gasteiger partial charge >= 0.3 is 5.97 Å². The van der Waals surface area contributed by atoms with Crippen LogP contribution in [0.25, 0.3) is 0 Å². The van der Waals surface area contributed by atoms with Crippen LogP contribution in [-0.2, 0) is 16.0 Å². The molecule has 3 aromatic carbocycles. The molecule has 1 aliphatic heterocycles. The van der Waals surface area contributed by atoms with Crippen LogP contribution in [0.1, 0.15) is 27.5 Å². The summed E-state index contributed by atoms with van der Waals surface area (Å²) in [6.45, 7) is 0. The molecule has 1 aliphatic rings. The molecule has 2 amide bonds. The zero-order chi connectivity index (χ0) is 22.0. The predicted octanol–water partition coefficient (Wildman–Crippen LogP) is 4.12. The molecule has 0 aromatic heterocycles. The van der Waals surface area contributed by atoms with Crippen molar-refractivity contribution in [2.24, 2.45) is 0 Å². The maximum atomic E-state index is 13.7. The van der Waals surface area contributed by atoms with E-state index in [0.717, 1.165) is 9.13 Å². The third kappa shape index (κ3) is 4.32. The summed E-state index contributed by atoms with van der Waals surface area (Å²) in [4.78, 5) is 40.6. The van der Waals surface area contributed by atoms with Crippen LogP contribution < -0.4 is 5.32 Å². The fourth-order valence-electron chi connectivity index (χ4n) is 3.80. The minimum absolute atomic E-state index is 0.0811. The van der Waals surface area contributed by atoms with Gasteiger partial charge in [0.1, 0.15) is 12.1 Å². The number of carbonyl (C=O) groups excluding carboxylic acids is 2. The molecular formula is C24H19IN2O4. The van der Waals surface area contributed by atoms with Crippen molar-refractivity contribution in [2.45, 2.75) is 18.5 Å². The van der Waals surface area contributed by atoms with Crippen LogP contribution in [0.15, 0.2) is 78.9 Å². The quantitative estimate of drug-likeness (QED) is 0.490. The van der Waals surface area contributed by atoms with Crippen molar-refractivity contribution in [3.63, 3.8) is 0 Å². The Morgan fingerprint density at radius 3 is 2.29 bits per heavy atom. The van der Waals surface area contributed by atoms with Crippen LogP contribution in [0.3, 0.4) is 0 Å². The van der Waals surface area contributed by atoms with Crippen molar-refractivity contribution in [3.05, 3.63) is 99.1 Å². The van der Waals surface area contributed by atoms with Gasteiger partial charge in [0.25, 0.3) is 11.8 Å². The molecule has 0 aliphatic carbocycles. The molecule has 2 atom stereocenters. The van der Waals surface area contributed by atoms with E-state index in [9.17, 15) is 19.5 Å². The number of rotatable bonds is 5. The van der Waals surface area contributed by atoms with Crippen LogP contribution in [0.4, 0.5) is 5.69 Å². The summed E-state index contributed by atoms with van der Waals surface area (Å²) in [5.41, 5.74) is 1.97. The van der Waals surface area contributed by atoms with Gasteiger partial charge in [-0.15, -0.1) is 0 Å². The van der Waals surface area contributed by atoms with Gasteiger partial charge in [0.2, 0.25) is 0 Å². The first-order chi connectivity index (χ1) is 15.0. The van der Waals surface area contributed by atoms with Gasteiger partial charge in [-0.05, 0) is 51.9 Å². The standard InChI is InChI=1S/C24H19IN2O4/c25-17-11-12-19-18(14-17)23(29)27(20(24(30)31)13-15-7-3-1-4-8-15)21(22(28)26-19)16-9-5-2-6-10-16/h1-12,14,20-21H,13H2,(H,26,28)(H,30,31)/t20-,21?/m1/s1. The highest BCUT2D eigenvalue weighted by atomic mass is 127. The van der Waals surface area contributed by atoms with Gasteiger partial charge in [-0.25, -0.2) is 4.79 Å². The Hall–Kier alpha value is -3.20. The normalized spacial score (nSPS) is 16.8. The number of hydrogen-bond donors (Lipinski definition) is 2.